The van der Waals surface area contributed by atoms with Crippen molar-refractivity contribution in [2.45, 2.75) is 76.4 Å². The molecule has 0 bridgehead atoms. The molecule has 9 heteroatoms. The number of unbranched alkanes of at least 4 members (excludes halogenated alkanes) is 2. The van der Waals surface area contributed by atoms with E-state index in [4.69, 9.17) is 9.47 Å². The van der Waals surface area contributed by atoms with Gasteiger partial charge in [0.2, 0.25) is 0 Å². The molecule has 0 unspecified atom stereocenters. The normalized spacial score (nSPS) is 12.3. The second-order valence-corrected chi connectivity index (χ2v) is 6.11. The van der Waals surface area contributed by atoms with Crippen LogP contribution in [0.25, 0.3) is 0 Å². The second kappa shape index (κ2) is 24.1. The van der Waals surface area contributed by atoms with Crippen LogP contribution in [-0.4, -0.2) is 99.5 Å². The van der Waals surface area contributed by atoms with Crippen LogP contribution in [-0.2, 0) is 19.1 Å². The summed E-state index contributed by atoms with van der Waals surface area (Å²) in [6, 6.07) is 0. The maximum atomic E-state index is 10.0. The van der Waals surface area contributed by atoms with Crippen molar-refractivity contribution in [2.75, 3.05) is 27.4 Å². The van der Waals surface area contributed by atoms with Gasteiger partial charge in [-0.25, -0.2) is 0 Å². The molecule has 0 fully saturated rings. The molecule has 0 aromatic carbocycles. The number of aliphatic hydroxyl groups excluding tert-OH is 2. The van der Waals surface area contributed by atoms with Crippen molar-refractivity contribution in [1.82, 2.24) is 0 Å². The number of rotatable bonds is 16. The van der Waals surface area contributed by atoms with Crippen molar-refractivity contribution in [2.24, 2.45) is 0 Å². The van der Waals surface area contributed by atoms with Crippen LogP contribution in [0, 0.1) is 0 Å². The fourth-order valence-electron chi connectivity index (χ4n) is 2.10. The summed E-state index contributed by atoms with van der Waals surface area (Å²) in [4.78, 5) is 20.0. The van der Waals surface area contributed by atoms with Crippen LogP contribution in [0.4, 0.5) is 0 Å². The van der Waals surface area contributed by atoms with Crippen LogP contribution < -0.4 is 10.2 Å². The minimum Gasteiger partial charge on any atom is -0.550 e. The van der Waals surface area contributed by atoms with Crippen molar-refractivity contribution in [3.63, 3.8) is 0 Å². The van der Waals surface area contributed by atoms with Crippen LogP contribution in [0.2, 0.25) is 0 Å². The van der Waals surface area contributed by atoms with Crippen molar-refractivity contribution in [1.29, 1.82) is 0 Å². The third-order valence-electron chi connectivity index (χ3n) is 3.65. The predicted molar refractivity (Wildman–Crippen MR) is 97.7 cm³/mol. The van der Waals surface area contributed by atoms with Gasteiger partial charge in [0, 0.05) is 39.4 Å². The van der Waals surface area contributed by atoms with Gasteiger partial charge in [0.1, 0.15) is 0 Å². The maximum Gasteiger partial charge on any atom is 2.00 e. The summed E-state index contributed by atoms with van der Waals surface area (Å²) >= 11 is 0. The van der Waals surface area contributed by atoms with Gasteiger partial charge in [-0.1, -0.05) is 12.8 Å². The Labute approximate surface area is 192 Å². The summed E-state index contributed by atoms with van der Waals surface area (Å²) in [7, 11) is 3.17. The smallest absolute Gasteiger partial charge is 0.550 e. The molecule has 0 spiro atoms. The number of carboxylic acid groups (broad SMARTS) is 2. The summed E-state index contributed by atoms with van der Waals surface area (Å²) in [6.07, 6.45) is 4.50. The number of carbonyl (C=O) groups is 2. The van der Waals surface area contributed by atoms with E-state index in [9.17, 15) is 30.0 Å². The molecular formula is C18H34CaO8. The fraction of sp³-hybridized carbons (Fsp3) is 0.889. The molecule has 0 heterocycles. The average Bonchev–Trinajstić information content (AvgIpc) is 2.59. The van der Waals surface area contributed by atoms with Crippen molar-refractivity contribution >= 4 is 49.7 Å². The maximum absolute atomic E-state index is 10.0. The van der Waals surface area contributed by atoms with E-state index in [1.807, 2.05) is 0 Å². The van der Waals surface area contributed by atoms with Gasteiger partial charge >= 0.3 is 37.7 Å². The van der Waals surface area contributed by atoms with Crippen molar-refractivity contribution in [3.8, 4) is 0 Å². The van der Waals surface area contributed by atoms with E-state index in [0.717, 1.165) is 12.8 Å². The molecule has 0 aromatic rings. The number of carbonyl (C=O) groups excluding carboxylic acids is 2. The summed E-state index contributed by atoms with van der Waals surface area (Å²) in [6.45, 7) is 1.09. The summed E-state index contributed by atoms with van der Waals surface area (Å²) in [5, 5.41) is 38.6. The van der Waals surface area contributed by atoms with Crippen LogP contribution in [0.1, 0.15) is 64.2 Å². The first-order chi connectivity index (χ1) is 12.3. The van der Waals surface area contributed by atoms with E-state index in [1.165, 1.54) is 0 Å². The Morgan fingerprint density at radius 1 is 0.741 bits per heavy atom. The Balaban J connectivity index is -0.000000411. The number of ether oxygens (including phenoxy) is 2. The molecule has 0 saturated carbocycles. The fourth-order valence-corrected chi connectivity index (χ4v) is 2.10. The Hall–Kier alpha value is 0.0397. The topological polar surface area (TPSA) is 139 Å². The molecule has 0 aromatic heterocycles. The van der Waals surface area contributed by atoms with E-state index >= 15 is 0 Å². The Kier molecular flexibility index (Phi) is 28.3. The number of methoxy groups -OCH3 is 2. The molecule has 156 valence electrons. The summed E-state index contributed by atoms with van der Waals surface area (Å²) in [5.74, 6) is -2.04. The van der Waals surface area contributed by atoms with E-state index in [0.29, 0.717) is 51.7 Å². The van der Waals surface area contributed by atoms with Crippen molar-refractivity contribution < 1.29 is 39.5 Å². The Bertz CT molecular complexity index is 309. The third-order valence-corrected chi connectivity index (χ3v) is 3.65. The SMILES string of the molecule is COCC[C@@H](O)CCCCC(=O)[O-].COCC[C@@H](O)CCCCC(=O)[O-].[Ca+2]. The minimum absolute atomic E-state index is 0. The van der Waals surface area contributed by atoms with Gasteiger partial charge in [-0.3, -0.25) is 0 Å². The van der Waals surface area contributed by atoms with Gasteiger partial charge in [-0.2, -0.15) is 0 Å². The first kappa shape index (κ1) is 31.7. The molecule has 0 aliphatic rings. The number of carboxylic acids is 2. The standard InChI is InChI=1S/2C9H18O4.Ca/c2*1-13-7-6-8(10)4-2-3-5-9(11)12;/h2*8,10H,2-7H2,1H3,(H,11,12);/q;;+2/p-2/t2*8-;/m00./s1. The van der Waals surface area contributed by atoms with Gasteiger partial charge in [-0.15, -0.1) is 0 Å². The van der Waals surface area contributed by atoms with Crippen molar-refractivity contribution in [3.05, 3.63) is 0 Å². The average molecular weight is 419 g/mol. The molecule has 0 aliphatic carbocycles. The van der Waals surface area contributed by atoms with E-state index < -0.39 is 11.9 Å². The van der Waals surface area contributed by atoms with Gasteiger partial charge in [0.05, 0.1) is 12.2 Å². The molecule has 0 amide bonds. The first-order valence-electron chi connectivity index (χ1n) is 9.07. The number of hydrogen-bond acceptors (Lipinski definition) is 8. The molecule has 8 nitrogen and oxygen atoms in total. The molecule has 0 aliphatic heterocycles. The van der Waals surface area contributed by atoms with Crippen LogP contribution in [0.5, 0.6) is 0 Å². The monoisotopic (exact) mass is 418 g/mol. The zero-order valence-electron chi connectivity index (χ0n) is 16.7. The van der Waals surface area contributed by atoms with Gasteiger partial charge in [0.25, 0.3) is 0 Å². The number of aliphatic hydroxyl groups is 2. The predicted octanol–water partition coefficient (Wildman–Crippen LogP) is -0.993. The summed E-state index contributed by atoms with van der Waals surface area (Å²) < 4.78 is 9.59. The number of aliphatic carboxylic acids is 2. The molecular weight excluding hydrogens is 384 g/mol. The van der Waals surface area contributed by atoms with E-state index in [2.05, 4.69) is 0 Å². The molecule has 2 N–H and O–H groups in total. The molecule has 0 saturated heterocycles. The molecule has 2 atom stereocenters. The van der Waals surface area contributed by atoms with Gasteiger partial charge in [-0.05, 0) is 51.4 Å². The summed E-state index contributed by atoms with van der Waals surface area (Å²) in [5.41, 5.74) is 0. The number of hydrogen-bond donors (Lipinski definition) is 2. The zero-order chi connectivity index (χ0) is 20.2. The minimum atomic E-state index is -1.02. The third kappa shape index (κ3) is 31.0. The van der Waals surface area contributed by atoms with Crippen LogP contribution in [0.15, 0.2) is 0 Å². The molecule has 0 rings (SSSR count). The quantitative estimate of drug-likeness (QED) is 0.240. The van der Waals surface area contributed by atoms with Crippen LogP contribution >= 0.6 is 0 Å². The van der Waals surface area contributed by atoms with Crippen LogP contribution in [0.3, 0.4) is 0 Å². The Morgan fingerprint density at radius 3 is 1.33 bits per heavy atom. The Morgan fingerprint density at radius 2 is 1.07 bits per heavy atom. The molecule has 27 heavy (non-hydrogen) atoms. The second-order valence-electron chi connectivity index (χ2n) is 6.11. The van der Waals surface area contributed by atoms with E-state index in [-0.39, 0.29) is 62.8 Å². The van der Waals surface area contributed by atoms with Gasteiger partial charge < -0.3 is 39.5 Å². The largest absolute Gasteiger partial charge is 2.00 e. The molecule has 0 radical (unpaired) electrons. The first-order valence-corrected chi connectivity index (χ1v) is 9.07. The zero-order valence-corrected chi connectivity index (χ0v) is 18.9. The van der Waals surface area contributed by atoms with E-state index in [1.54, 1.807) is 14.2 Å². The van der Waals surface area contributed by atoms with Gasteiger partial charge in [0.15, 0.2) is 0 Å².